The quantitative estimate of drug-likeness (QED) is 0.275. The Morgan fingerprint density at radius 1 is 1.11 bits per heavy atom. The summed E-state index contributed by atoms with van der Waals surface area (Å²) in [5.74, 6) is -4.87. The van der Waals surface area contributed by atoms with Crippen molar-refractivity contribution >= 4 is 29.9 Å². The predicted octanol–water partition coefficient (Wildman–Crippen LogP) is -2.48. The van der Waals surface area contributed by atoms with Crippen LogP contribution in [0.4, 0.5) is 0 Å². The van der Waals surface area contributed by atoms with E-state index in [1.807, 2.05) is 5.32 Å². The van der Waals surface area contributed by atoms with Crippen LogP contribution < -0.4 is 11.1 Å². The number of carbonyl (C=O) groups excluding carboxylic acids is 3. The molecule has 0 aromatic rings. The number of nitrogens with one attached hydrogen (secondary N) is 1. The minimum atomic E-state index is -1.55. The van der Waals surface area contributed by atoms with Gasteiger partial charge >= 0.3 is 11.9 Å². The molecule has 0 heterocycles. The molecule has 9 nitrogen and oxygen atoms in total. The molecule has 0 aliphatic heterocycles. The molecule has 0 rings (SSSR count). The zero-order chi connectivity index (χ0) is 14.3. The average Bonchev–Trinajstić information content (AvgIpc) is 2.25. The Morgan fingerprint density at radius 2 is 1.61 bits per heavy atom. The molecule has 0 aliphatic carbocycles. The summed E-state index contributed by atoms with van der Waals surface area (Å²) in [5, 5.41) is 18.8. The van der Waals surface area contributed by atoms with E-state index in [0.29, 0.717) is 0 Å². The van der Waals surface area contributed by atoms with E-state index in [0.717, 1.165) is 0 Å². The summed E-state index contributed by atoms with van der Waals surface area (Å²) < 4.78 is 0. The van der Waals surface area contributed by atoms with Crippen molar-refractivity contribution in [1.82, 2.24) is 5.32 Å². The molecule has 0 aromatic carbocycles. The van der Waals surface area contributed by atoms with Crippen LogP contribution in [0.3, 0.4) is 0 Å². The van der Waals surface area contributed by atoms with E-state index in [1.165, 1.54) is 0 Å². The lowest BCUT2D eigenvalue weighted by Gasteiger charge is -2.15. The molecule has 2 atom stereocenters. The normalized spacial score (nSPS) is 13.2. The van der Waals surface area contributed by atoms with Gasteiger partial charge in [-0.1, -0.05) is 0 Å². The highest BCUT2D eigenvalue weighted by Gasteiger charge is 2.26. The van der Waals surface area contributed by atoms with Gasteiger partial charge in [0.25, 0.3) is 0 Å². The fourth-order valence-corrected chi connectivity index (χ4v) is 1.04. The third-order valence-corrected chi connectivity index (χ3v) is 1.89. The molecule has 0 bridgehead atoms. The molecule has 0 aromatic heterocycles. The van der Waals surface area contributed by atoms with Crippen LogP contribution in [0.2, 0.25) is 0 Å². The molecule has 0 unspecified atom stereocenters. The zero-order valence-corrected chi connectivity index (χ0v) is 9.16. The zero-order valence-electron chi connectivity index (χ0n) is 9.16. The van der Waals surface area contributed by atoms with Gasteiger partial charge in [-0.3, -0.25) is 24.0 Å². The number of carboxylic acids is 2. The molecule has 0 fully saturated rings. The third-order valence-electron chi connectivity index (χ3n) is 1.89. The molecule has 5 N–H and O–H groups in total. The second kappa shape index (κ2) is 7.12. The van der Waals surface area contributed by atoms with Crippen molar-refractivity contribution < 1.29 is 34.2 Å². The lowest BCUT2D eigenvalue weighted by Crippen LogP contribution is -2.50. The summed E-state index contributed by atoms with van der Waals surface area (Å²) >= 11 is 0. The van der Waals surface area contributed by atoms with Gasteiger partial charge in [-0.15, -0.1) is 0 Å². The number of rotatable bonds is 8. The van der Waals surface area contributed by atoms with Crippen LogP contribution in [-0.2, 0) is 24.0 Å². The average molecular weight is 260 g/mol. The Hall–Kier alpha value is -2.29. The van der Waals surface area contributed by atoms with E-state index < -0.39 is 48.6 Å². The Morgan fingerprint density at radius 3 is 2.00 bits per heavy atom. The van der Waals surface area contributed by atoms with Crippen molar-refractivity contribution in [3.8, 4) is 0 Å². The van der Waals surface area contributed by atoms with Crippen molar-refractivity contribution in [2.45, 2.75) is 24.9 Å². The third kappa shape index (κ3) is 5.70. The highest BCUT2D eigenvalue weighted by molar-refractivity contribution is 6.28. The Kier molecular flexibility index (Phi) is 6.21. The molecule has 0 radical (unpaired) electrons. The van der Waals surface area contributed by atoms with E-state index in [2.05, 4.69) is 0 Å². The number of carboxylic acid groups (broad SMARTS) is 2. The second-order valence-electron chi connectivity index (χ2n) is 3.38. The number of ketones is 1. The largest absolute Gasteiger partial charge is 0.481 e. The smallest absolute Gasteiger partial charge is 0.305 e. The maximum Gasteiger partial charge on any atom is 0.305 e. The molecular formula is C9H12N2O7. The summed E-state index contributed by atoms with van der Waals surface area (Å²) in [7, 11) is 0. The van der Waals surface area contributed by atoms with Gasteiger partial charge < -0.3 is 21.3 Å². The fraction of sp³-hybridized carbons (Fsp3) is 0.444. The predicted molar refractivity (Wildman–Crippen MR) is 55.5 cm³/mol. The molecule has 0 saturated carbocycles. The number of aldehydes is 1. The molecule has 1 amide bonds. The molecular weight excluding hydrogens is 248 g/mol. The summed E-state index contributed by atoms with van der Waals surface area (Å²) in [6, 6.07) is -2.98. The van der Waals surface area contributed by atoms with Crippen LogP contribution >= 0.6 is 0 Å². The molecule has 0 aliphatic rings. The van der Waals surface area contributed by atoms with Crippen LogP contribution in [0, 0.1) is 0 Å². The lowest BCUT2D eigenvalue weighted by molar-refractivity contribution is -0.142. The van der Waals surface area contributed by atoms with Crippen LogP contribution in [0.15, 0.2) is 0 Å². The Labute approximate surface area is 101 Å². The highest BCUT2D eigenvalue weighted by atomic mass is 16.4. The number of nitrogens with two attached hydrogens (primary N) is 1. The SMILES string of the molecule is N[C@@H](CC(=O)O)C(=O)N[C@@H](CC(=O)O)C(=O)C=O. The lowest BCUT2D eigenvalue weighted by atomic mass is 10.1. The van der Waals surface area contributed by atoms with Crippen LogP contribution in [0.5, 0.6) is 0 Å². The van der Waals surface area contributed by atoms with E-state index in [9.17, 15) is 24.0 Å². The van der Waals surface area contributed by atoms with Crippen molar-refractivity contribution in [1.29, 1.82) is 0 Å². The first-order chi connectivity index (χ1) is 8.27. The monoisotopic (exact) mass is 260 g/mol. The molecule has 0 spiro atoms. The maximum atomic E-state index is 11.3. The van der Waals surface area contributed by atoms with Gasteiger partial charge in [-0.25, -0.2) is 0 Å². The van der Waals surface area contributed by atoms with Gasteiger partial charge in [0.15, 0.2) is 6.29 Å². The first-order valence-electron chi connectivity index (χ1n) is 4.76. The van der Waals surface area contributed by atoms with Crippen LogP contribution in [-0.4, -0.2) is 52.2 Å². The van der Waals surface area contributed by atoms with Gasteiger partial charge in [-0.2, -0.15) is 0 Å². The number of hydrogen-bond acceptors (Lipinski definition) is 6. The summed E-state index contributed by atoms with van der Waals surface area (Å²) in [6.45, 7) is 0. The van der Waals surface area contributed by atoms with Crippen LogP contribution in [0.25, 0.3) is 0 Å². The van der Waals surface area contributed by atoms with E-state index >= 15 is 0 Å². The first kappa shape index (κ1) is 15.7. The first-order valence-corrected chi connectivity index (χ1v) is 4.76. The minimum absolute atomic E-state index is 0.128. The van der Waals surface area contributed by atoms with Gasteiger partial charge in [0.2, 0.25) is 11.7 Å². The molecule has 9 heteroatoms. The van der Waals surface area contributed by atoms with Crippen molar-refractivity contribution in [2.24, 2.45) is 5.73 Å². The topological polar surface area (TPSA) is 164 Å². The van der Waals surface area contributed by atoms with Gasteiger partial charge in [0.05, 0.1) is 18.9 Å². The van der Waals surface area contributed by atoms with Gasteiger partial charge in [0, 0.05) is 0 Å². The van der Waals surface area contributed by atoms with E-state index in [4.69, 9.17) is 15.9 Å². The summed E-state index contributed by atoms with van der Waals surface area (Å²) in [4.78, 5) is 53.3. The number of aliphatic carboxylic acids is 2. The molecule has 100 valence electrons. The van der Waals surface area contributed by atoms with Crippen molar-refractivity contribution in [3.05, 3.63) is 0 Å². The Balaban J connectivity index is 4.61. The van der Waals surface area contributed by atoms with Crippen LogP contribution in [0.1, 0.15) is 12.8 Å². The van der Waals surface area contributed by atoms with Gasteiger partial charge in [-0.05, 0) is 0 Å². The van der Waals surface area contributed by atoms with Crippen molar-refractivity contribution in [2.75, 3.05) is 0 Å². The number of amides is 1. The van der Waals surface area contributed by atoms with E-state index in [1.54, 1.807) is 0 Å². The van der Waals surface area contributed by atoms with E-state index in [-0.39, 0.29) is 6.29 Å². The van der Waals surface area contributed by atoms with Crippen molar-refractivity contribution in [3.63, 3.8) is 0 Å². The fourth-order valence-electron chi connectivity index (χ4n) is 1.04. The highest BCUT2D eigenvalue weighted by Crippen LogP contribution is 1.96. The summed E-state index contributed by atoms with van der Waals surface area (Å²) in [6.07, 6.45) is -1.60. The number of hydrogen-bond donors (Lipinski definition) is 4. The summed E-state index contributed by atoms with van der Waals surface area (Å²) in [5.41, 5.74) is 5.20. The standard InChI is InChI=1S/C9H12N2O7/c10-4(1-7(14)15)9(18)11-5(2-8(16)17)6(13)3-12/h3-5H,1-2,10H2,(H,11,18)(H,14,15)(H,16,17)/t4-,5-/m0/s1. The maximum absolute atomic E-state index is 11.3. The van der Waals surface area contributed by atoms with Gasteiger partial charge in [0.1, 0.15) is 6.04 Å². The minimum Gasteiger partial charge on any atom is -0.481 e. The number of carbonyl (C=O) groups is 5. The number of Topliss-reactive ketones (excluding diaryl/α,β-unsaturated/α-hetero) is 1. The molecule has 0 saturated heterocycles. The molecule has 18 heavy (non-hydrogen) atoms. The Bertz CT molecular complexity index is 379. The second-order valence-corrected chi connectivity index (χ2v) is 3.38.